The van der Waals surface area contributed by atoms with Crippen molar-refractivity contribution in [1.82, 2.24) is 0 Å². The number of allylic oxidation sites excluding steroid dienone is 4. The number of hydrogen-bond donors (Lipinski definition) is 0. The predicted octanol–water partition coefficient (Wildman–Crippen LogP) is 13.2. The Morgan fingerprint density at radius 3 is 2.15 bits per heavy atom. The molecule has 1 aliphatic heterocycles. The zero-order valence-electron chi connectivity index (χ0n) is 26.8. The van der Waals surface area contributed by atoms with Gasteiger partial charge in [0.1, 0.15) is 11.5 Å². The molecule has 0 unspecified atom stereocenters. The summed E-state index contributed by atoms with van der Waals surface area (Å²) in [6.45, 7) is 8.92. The molecule has 0 atom stereocenters. The second-order valence-electron chi connectivity index (χ2n) is 12.8. The second kappa shape index (κ2) is 11.2. The van der Waals surface area contributed by atoms with Gasteiger partial charge in [-0.25, -0.2) is 0 Å². The molecular formula is C45H36O. The second-order valence-corrected chi connectivity index (χ2v) is 12.8. The molecule has 0 radical (unpaired) electrons. The van der Waals surface area contributed by atoms with Crippen molar-refractivity contribution in [1.29, 1.82) is 0 Å². The summed E-state index contributed by atoms with van der Waals surface area (Å²) < 4.78 is 6.79. The van der Waals surface area contributed by atoms with Crippen molar-refractivity contribution in [3.63, 3.8) is 0 Å². The average Bonchev–Trinajstić information content (AvgIpc) is 3.10. The first-order chi connectivity index (χ1) is 22.5. The van der Waals surface area contributed by atoms with Crippen LogP contribution in [0.25, 0.3) is 65.7 Å². The zero-order valence-corrected chi connectivity index (χ0v) is 26.8. The number of rotatable bonds is 5. The number of benzene rings is 7. The molecule has 0 spiro atoms. The molecule has 1 heteroatoms. The van der Waals surface area contributed by atoms with Crippen LogP contribution < -0.4 is 4.74 Å². The van der Waals surface area contributed by atoms with Crippen LogP contribution in [0.5, 0.6) is 11.5 Å². The van der Waals surface area contributed by atoms with Crippen LogP contribution in [0.4, 0.5) is 0 Å². The number of ether oxygens (including phenoxy) is 1. The lowest BCUT2D eigenvalue weighted by Gasteiger charge is -2.24. The predicted molar refractivity (Wildman–Crippen MR) is 198 cm³/mol. The van der Waals surface area contributed by atoms with Gasteiger partial charge < -0.3 is 4.74 Å². The van der Waals surface area contributed by atoms with Gasteiger partial charge in [-0.15, -0.1) is 0 Å². The first kappa shape index (κ1) is 28.1. The Kier molecular flexibility index (Phi) is 6.84. The van der Waals surface area contributed by atoms with E-state index in [1.807, 2.05) is 0 Å². The van der Waals surface area contributed by atoms with Gasteiger partial charge >= 0.3 is 0 Å². The van der Waals surface area contributed by atoms with Crippen molar-refractivity contribution in [2.75, 3.05) is 0 Å². The third-order valence-electron chi connectivity index (χ3n) is 9.56. The first-order valence-electron chi connectivity index (χ1n) is 16.2. The van der Waals surface area contributed by atoms with E-state index in [0.29, 0.717) is 5.92 Å². The van der Waals surface area contributed by atoms with E-state index in [1.54, 1.807) is 0 Å². The number of fused-ring (bicyclic) bond motifs is 5. The zero-order chi connectivity index (χ0) is 31.4. The van der Waals surface area contributed by atoms with Crippen LogP contribution in [0, 0.1) is 0 Å². The highest BCUT2D eigenvalue weighted by Crippen LogP contribution is 2.51. The minimum atomic E-state index is 0.494. The van der Waals surface area contributed by atoms with Gasteiger partial charge in [0.25, 0.3) is 0 Å². The maximum Gasteiger partial charge on any atom is 0.143 e. The van der Waals surface area contributed by atoms with Crippen LogP contribution >= 0.6 is 0 Å². The van der Waals surface area contributed by atoms with E-state index in [9.17, 15) is 0 Å². The van der Waals surface area contributed by atoms with Crippen LogP contribution in [0.1, 0.15) is 50.3 Å². The first-order valence-corrected chi connectivity index (χ1v) is 16.2. The monoisotopic (exact) mass is 592 g/mol. The van der Waals surface area contributed by atoms with Crippen molar-refractivity contribution < 1.29 is 4.74 Å². The molecule has 0 aliphatic carbocycles. The quantitative estimate of drug-likeness (QED) is 0.143. The molecule has 46 heavy (non-hydrogen) atoms. The molecule has 7 aromatic rings. The molecule has 222 valence electrons. The van der Waals surface area contributed by atoms with E-state index in [0.717, 1.165) is 28.2 Å². The molecule has 0 fully saturated rings. The Bertz CT molecular complexity index is 2380. The van der Waals surface area contributed by atoms with Crippen molar-refractivity contribution in [2.24, 2.45) is 0 Å². The standard InChI is InChI=1S/C45H36O/c1-28(2)36-12-7-8-13-37(36)30(4)20-19-29(3)31-21-22-33-26-35(24-23-32(33)25-31)39-15-9-18-42-41-17-10-16-40-38-14-6-5-11-34(38)27-43(44(40)41)46-45(39)42/h5-28H,1-4H3/b29-19+,30-20+. The summed E-state index contributed by atoms with van der Waals surface area (Å²) in [6.07, 6.45) is 4.50. The highest BCUT2D eigenvalue weighted by Gasteiger charge is 2.24. The van der Waals surface area contributed by atoms with Crippen molar-refractivity contribution >= 4 is 43.5 Å². The lowest BCUT2D eigenvalue weighted by molar-refractivity contribution is 0.489. The Morgan fingerprint density at radius 1 is 0.565 bits per heavy atom. The molecule has 1 heterocycles. The molecule has 1 aliphatic rings. The summed E-state index contributed by atoms with van der Waals surface area (Å²) in [4.78, 5) is 0. The highest BCUT2D eigenvalue weighted by atomic mass is 16.5. The van der Waals surface area contributed by atoms with Gasteiger partial charge in [-0.1, -0.05) is 135 Å². The normalized spacial score (nSPS) is 13.0. The molecule has 0 bridgehead atoms. The largest absolute Gasteiger partial charge is 0.455 e. The fraction of sp³-hybridized carbons (Fsp3) is 0.111. The van der Waals surface area contributed by atoms with E-state index in [-0.39, 0.29) is 0 Å². The van der Waals surface area contributed by atoms with Gasteiger partial charge in [-0.05, 0) is 104 Å². The summed E-state index contributed by atoms with van der Waals surface area (Å²) in [6, 6.07) is 46.2. The van der Waals surface area contributed by atoms with Crippen molar-refractivity contribution in [3.8, 4) is 33.8 Å². The molecule has 0 aromatic heterocycles. The summed E-state index contributed by atoms with van der Waals surface area (Å²) >= 11 is 0. The van der Waals surface area contributed by atoms with Crippen LogP contribution in [-0.2, 0) is 0 Å². The molecule has 7 aromatic carbocycles. The fourth-order valence-electron chi connectivity index (χ4n) is 7.08. The van der Waals surface area contributed by atoms with Crippen LogP contribution in [-0.4, -0.2) is 0 Å². The van der Waals surface area contributed by atoms with E-state index in [1.165, 1.54) is 65.7 Å². The maximum atomic E-state index is 6.79. The lowest BCUT2D eigenvalue weighted by atomic mass is 9.89. The summed E-state index contributed by atoms with van der Waals surface area (Å²) in [5.41, 5.74) is 11.1. The van der Waals surface area contributed by atoms with Crippen LogP contribution in [0.3, 0.4) is 0 Å². The van der Waals surface area contributed by atoms with Gasteiger partial charge in [0, 0.05) is 16.5 Å². The van der Waals surface area contributed by atoms with Crippen molar-refractivity contribution in [3.05, 3.63) is 156 Å². The highest BCUT2D eigenvalue weighted by molar-refractivity contribution is 6.16. The number of hydrogen-bond acceptors (Lipinski definition) is 1. The third-order valence-corrected chi connectivity index (χ3v) is 9.56. The third kappa shape index (κ3) is 4.71. The van der Waals surface area contributed by atoms with Gasteiger partial charge in [0.05, 0.1) is 0 Å². The molecule has 0 N–H and O–H groups in total. The molecular weight excluding hydrogens is 556 g/mol. The van der Waals surface area contributed by atoms with E-state index in [4.69, 9.17) is 4.74 Å². The van der Waals surface area contributed by atoms with Gasteiger partial charge in [0.2, 0.25) is 0 Å². The minimum Gasteiger partial charge on any atom is -0.455 e. The lowest BCUT2D eigenvalue weighted by Crippen LogP contribution is -1.99. The Labute approximate surface area is 271 Å². The summed E-state index contributed by atoms with van der Waals surface area (Å²) in [5, 5.41) is 7.32. The molecule has 0 saturated heterocycles. The van der Waals surface area contributed by atoms with E-state index >= 15 is 0 Å². The molecule has 1 nitrogen and oxygen atoms in total. The van der Waals surface area contributed by atoms with E-state index < -0.39 is 0 Å². The fourth-order valence-corrected chi connectivity index (χ4v) is 7.08. The van der Waals surface area contributed by atoms with Gasteiger partial charge in [-0.2, -0.15) is 0 Å². The molecule has 0 amide bonds. The van der Waals surface area contributed by atoms with Gasteiger partial charge in [-0.3, -0.25) is 0 Å². The SMILES string of the molecule is C/C(=C\C=C(/C)c1ccccc1C(C)C)c1ccc2cc(-c3cccc4c3Oc3cc5ccccc5c5cccc-4c35)ccc2c1. The van der Waals surface area contributed by atoms with Crippen molar-refractivity contribution in [2.45, 2.75) is 33.6 Å². The molecule has 8 rings (SSSR count). The summed E-state index contributed by atoms with van der Waals surface area (Å²) in [7, 11) is 0. The van der Waals surface area contributed by atoms with Gasteiger partial charge in [0.15, 0.2) is 0 Å². The molecule has 0 saturated carbocycles. The Balaban J connectivity index is 1.15. The topological polar surface area (TPSA) is 9.23 Å². The Hall–Kier alpha value is -5.40. The average molecular weight is 593 g/mol. The summed E-state index contributed by atoms with van der Waals surface area (Å²) in [5.74, 6) is 2.34. The Morgan fingerprint density at radius 2 is 1.26 bits per heavy atom. The smallest absolute Gasteiger partial charge is 0.143 e. The van der Waals surface area contributed by atoms with E-state index in [2.05, 4.69) is 167 Å². The van der Waals surface area contributed by atoms with Crippen LogP contribution in [0.2, 0.25) is 0 Å². The maximum absolute atomic E-state index is 6.79. The van der Waals surface area contributed by atoms with Crippen LogP contribution in [0.15, 0.2) is 140 Å². The number of para-hydroxylation sites is 1. The minimum absolute atomic E-state index is 0.494.